The molecule has 0 spiro atoms. The maximum Gasteiger partial charge on any atom is 0.332 e. The van der Waals surface area contributed by atoms with Crippen molar-refractivity contribution in [3.8, 4) is 0 Å². The average Bonchev–Trinajstić information content (AvgIpc) is 2.45. The molecule has 0 aromatic heterocycles. The summed E-state index contributed by atoms with van der Waals surface area (Å²) in [5, 5.41) is 0. The van der Waals surface area contributed by atoms with Gasteiger partial charge < -0.3 is 9.47 Å². The number of ether oxygens (including phenoxy) is 2. The smallest absolute Gasteiger partial charge is 0.332 e. The summed E-state index contributed by atoms with van der Waals surface area (Å²) in [6.07, 6.45) is 2.23. The molecule has 1 saturated heterocycles. The van der Waals surface area contributed by atoms with Crippen molar-refractivity contribution in [3.05, 3.63) is 35.9 Å². The maximum atomic E-state index is 11.7. The van der Waals surface area contributed by atoms with Crippen LogP contribution in [-0.4, -0.2) is 42.3 Å². The highest BCUT2D eigenvalue weighted by Gasteiger charge is 2.23. The van der Waals surface area contributed by atoms with Gasteiger partial charge in [0.15, 0.2) is 0 Å². The zero-order valence-electron chi connectivity index (χ0n) is 13.9. The fraction of sp³-hybridized carbons (Fsp3) is 0.611. The van der Waals surface area contributed by atoms with E-state index in [-0.39, 0.29) is 18.7 Å². The van der Waals surface area contributed by atoms with Gasteiger partial charge in [0, 0.05) is 13.1 Å². The molecule has 0 saturated carbocycles. The number of carbonyl (C=O) groups excluding carboxylic acids is 1. The van der Waals surface area contributed by atoms with Crippen molar-refractivity contribution >= 4 is 5.97 Å². The summed E-state index contributed by atoms with van der Waals surface area (Å²) in [6.45, 7) is 8.54. The molecule has 1 aliphatic heterocycles. The van der Waals surface area contributed by atoms with Crippen molar-refractivity contribution in [3.63, 3.8) is 0 Å². The fourth-order valence-electron chi connectivity index (χ4n) is 2.69. The first kappa shape index (κ1) is 17.0. The van der Waals surface area contributed by atoms with Crippen molar-refractivity contribution in [2.45, 2.75) is 51.9 Å². The molecule has 22 heavy (non-hydrogen) atoms. The number of piperidine rings is 1. The summed E-state index contributed by atoms with van der Waals surface area (Å²) in [5.74, 6) is -0.285. The van der Waals surface area contributed by atoms with Crippen molar-refractivity contribution in [1.82, 2.24) is 4.90 Å². The standard InChI is InChI=1S/C18H27NO3/c1-18(2,3)22-17(20)14-21-16-10-7-11-19(13-16)12-15-8-5-4-6-9-15/h4-6,8-9,16H,7,10-14H2,1-3H3. The van der Waals surface area contributed by atoms with E-state index < -0.39 is 5.60 Å². The topological polar surface area (TPSA) is 38.8 Å². The molecule has 1 unspecified atom stereocenters. The van der Waals surface area contributed by atoms with E-state index in [0.29, 0.717) is 0 Å². The lowest BCUT2D eigenvalue weighted by atomic mass is 10.1. The Bertz CT molecular complexity index is 467. The van der Waals surface area contributed by atoms with E-state index in [0.717, 1.165) is 32.5 Å². The fourth-order valence-corrected chi connectivity index (χ4v) is 2.69. The number of carbonyl (C=O) groups is 1. The number of hydrogen-bond acceptors (Lipinski definition) is 4. The quantitative estimate of drug-likeness (QED) is 0.784. The van der Waals surface area contributed by atoms with Crippen LogP contribution in [0, 0.1) is 0 Å². The average molecular weight is 305 g/mol. The third-order valence-electron chi connectivity index (χ3n) is 3.57. The summed E-state index contributed by atoms with van der Waals surface area (Å²) in [7, 11) is 0. The van der Waals surface area contributed by atoms with Crippen LogP contribution < -0.4 is 0 Å². The molecule has 1 atom stereocenters. The molecule has 4 nitrogen and oxygen atoms in total. The van der Waals surface area contributed by atoms with Gasteiger partial charge in [0.1, 0.15) is 12.2 Å². The Morgan fingerprint density at radius 2 is 2.00 bits per heavy atom. The Morgan fingerprint density at radius 1 is 1.27 bits per heavy atom. The molecule has 0 radical (unpaired) electrons. The molecule has 1 aliphatic rings. The van der Waals surface area contributed by atoms with Gasteiger partial charge in [-0.15, -0.1) is 0 Å². The Morgan fingerprint density at radius 3 is 2.68 bits per heavy atom. The van der Waals surface area contributed by atoms with E-state index in [2.05, 4.69) is 29.2 Å². The number of nitrogens with zero attached hydrogens (tertiary/aromatic N) is 1. The molecular formula is C18H27NO3. The number of benzene rings is 1. The highest BCUT2D eigenvalue weighted by atomic mass is 16.6. The minimum Gasteiger partial charge on any atom is -0.458 e. The van der Waals surface area contributed by atoms with Crippen molar-refractivity contribution < 1.29 is 14.3 Å². The summed E-state index contributed by atoms with van der Waals surface area (Å²) >= 11 is 0. The van der Waals surface area contributed by atoms with Crippen LogP contribution in [0.15, 0.2) is 30.3 Å². The predicted octanol–water partition coefficient (Wildman–Crippen LogP) is 3.01. The van der Waals surface area contributed by atoms with Crippen LogP contribution in [0.2, 0.25) is 0 Å². The van der Waals surface area contributed by atoms with Gasteiger partial charge in [0.05, 0.1) is 6.10 Å². The first-order chi connectivity index (χ1) is 10.4. The van der Waals surface area contributed by atoms with Gasteiger partial charge in [-0.1, -0.05) is 30.3 Å². The Balaban J connectivity index is 1.75. The van der Waals surface area contributed by atoms with Crippen LogP contribution in [0.4, 0.5) is 0 Å². The molecule has 4 heteroatoms. The number of hydrogen-bond donors (Lipinski definition) is 0. The zero-order chi connectivity index (χ0) is 16.0. The second-order valence-electron chi connectivity index (χ2n) is 6.88. The minimum atomic E-state index is -0.452. The summed E-state index contributed by atoms with van der Waals surface area (Å²) in [6, 6.07) is 10.5. The molecule has 2 rings (SSSR count). The van der Waals surface area contributed by atoms with E-state index >= 15 is 0 Å². The molecule has 0 aliphatic carbocycles. The summed E-state index contributed by atoms with van der Waals surface area (Å²) in [4.78, 5) is 14.1. The first-order valence-corrected chi connectivity index (χ1v) is 8.02. The third kappa shape index (κ3) is 6.16. The summed E-state index contributed by atoms with van der Waals surface area (Å²) < 4.78 is 11.0. The van der Waals surface area contributed by atoms with Gasteiger partial charge >= 0.3 is 5.97 Å². The second kappa shape index (κ2) is 7.75. The number of esters is 1. The van der Waals surface area contributed by atoms with E-state index in [1.165, 1.54) is 5.56 Å². The highest BCUT2D eigenvalue weighted by molar-refractivity contribution is 5.71. The molecule has 1 aromatic rings. The maximum absolute atomic E-state index is 11.7. The lowest BCUT2D eigenvalue weighted by molar-refractivity contribution is -0.163. The van der Waals surface area contributed by atoms with E-state index in [1.54, 1.807) is 0 Å². The first-order valence-electron chi connectivity index (χ1n) is 8.02. The third-order valence-corrected chi connectivity index (χ3v) is 3.57. The Kier molecular flexibility index (Phi) is 5.98. The monoisotopic (exact) mass is 305 g/mol. The zero-order valence-corrected chi connectivity index (χ0v) is 13.9. The van der Waals surface area contributed by atoms with Crippen LogP contribution in [0.5, 0.6) is 0 Å². The van der Waals surface area contributed by atoms with Gasteiger partial charge in [0.2, 0.25) is 0 Å². The molecule has 0 N–H and O–H groups in total. The molecular weight excluding hydrogens is 278 g/mol. The van der Waals surface area contributed by atoms with Gasteiger partial charge in [-0.3, -0.25) is 4.90 Å². The molecule has 1 aromatic carbocycles. The number of likely N-dealkylation sites (tertiary alicyclic amines) is 1. The lowest BCUT2D eigenvalue weighted by Gasteiger charge is -2.32. The van der Waals surface area contributed by atoms with Crippen LogP contribution in [0.25, 0.3) is 0 Å². The van der Waals surface area contributed by atoms with Crippen LogP contribution >= 0.6 is 0 Å². The van der Waals surface area contributed by atoms with Crippen molar-refractivity contribution in [1.29, 1.82) is 0 Å². The van der Waals surface area contributed by atoms with Gasteiger partial charge in [0.25, 0.3) is 0 Å². The van der Waals surface area contributed by atoms with E-state index in [1.807, 2.05) is 26.8 Å². The Hall–Kier alpha value is -1.39. The second-order valence-corrected chi connectivity index (χ2v) is 6.88. The Labute approximate surface area is 133 Å². The van der Waals surface area contributed by atoms with Crippen LogP contribution in [0.3, 0.4) is 0 Å². The SMILES string of the molecule is CC(C)(C)OC(=O)COC1CCCN(Cc2ccccc2)C1. The number of rotatable bonds is 5. The van der Waals surface area contributed by atoms with Crippen LogP contribution in [-0.2, 0) is 20.8 Å². The van der Waals surface area contributed by atoms with Gasteiger partial charge in [-0.05, 0) is 45.7 Å². The van der Waals surface area contributed by atoms with E-state index in [9.17, 15) is 4.79 Å². The van der Waals surface area contributed by atoms with E-state index in [4.69, 9.17) is 9.47 Å². The van der Waals surface area contributed by atoms with Crippen LogP contribution in [0.1, 0.15) is 39.2 Å². The van der Waals surface area contributed by atoms with Gasteiger partial charge in [-0.2, -0.15) is 0 Å². The van der Waals surface area contributed by atoms with Crippen molar-refractivity contribution in [2.24, 2.45) is 0 Å². The summed E-state index contributed by atoms with van der Waals surface area (Å²) in [5.41, 5.74) is 0.863. The minimum absolute atomic E-state index is 0.0428. The molecule has 122 valence electrons. The lowest BCUT2D eigenvalue weighted by Crippen LogP contribution is -2.40. The largest absolute Gasteiger partial charge is 0.458 e. The molecule has 0 amide bonds. The normalized spacial score (nSPS) is 19.9. The molecule has 1 fully saturated rings. The molecule has 1 heterocycles. The predicted molar refractivity (Wildman–Crippen MR) is 86.5 cm³/mol. The molecule has 0 bridgehead atoms. The van der Waals surface area contributed by atoms with Gasteiger partial charge in [-0.25, -0.2) is 4.79 Å². The van der Waals surface area contributed by atoms with Crippen molar-refractivity contribution in [2.75, 3.05) is 19.7 Å². The highest BCUT2D eigenvalue weighted by Crippen LogP contribution is 2.16.